The maximum absolute atomic E-state index is 12.2. The molecule has 8 nitrogen and oxygen atoms in total. The standard InChI is InChI=1S/C28H38N4O4/c1-16-11-20-13-21(14-24(16)32(20)28-29-17(2)12-23(30-28)27(33)34-3)35-15-22-25(18-7-5-4-6-8-18)31-36-26(22)19-9-10-19/h12,16,18-21,24H,4-11,13-15H2,1-3H3. The maximum atomic E-state index is 12.2. The van der Waals surface area contributed by atoms with Gasteiger partial charge in [0.25, 0.3) is 0 Å². The molecule has 2 saturated heterocycles. The van der Waals surface area contributed by atoms with Crippen molar-refractivity contribution in [1.82, 2.24) is 15.1 Å². The van der Waals surface area contributed by atoms with E-state index in [9.17, 15) is 4.79 Å². The molecule has 2 aromatic heterocycles. The molecule has 2 saturated carbocycles. The topological polar surface area (TPSA) is 90.6 Å². The molecule has 0 aromatic carbocycles. The number of carbonyl (C=O) groups excluding carboxylic acids is 1. The van der Waals surface area contributed by atoms with Crippen LogP contribution in [0.3, 0.4) is 0 Å². The SMILES string of the molecule is COC(=O)c1cc(C)nc(N2C3CC(OCc4c(C5CCCCC5)noc4C4CC4)CC2C(C)C3)n1. The van der Waals surface area contributed by atoms with Gasteiger partial charge in [0.15, 0.2) is 5.69 Å². The van der Waals surface area contributed by atoms with Crippen molar-refractivity contribution in [1.29, 1.82) is 0 Å². The van der Waals surface area contributed by atoms with Crippen molar-refractivity contribution in [3.8, 4) is 0 Å². The summed E-state index contributed by atoms with van der Waals surface area (Å²) < 4.78 is 17.5. The van der Waals surface area contributed by atoms with Crippen molar-refractivity contribution in [2.24, 2.45) is 5.92 Å². The van der Waals surface area contributed by atoms with Gasteiger partial charge in [-0.1, -0.05) is 31.3 Å². The highest BCUT2D eigenvalue weighted by Crippen LogP contribution is 2.46. The Labute approximate surface area is 213 Å². The smallest absolute Gasteiger partial charge is 0.356 e. The first-order valence-electron chi connectivity index (χ1n) is 13.8. The number of hydrogen-bond donors (Lipinski definition) is 0. The number of anilines is 1. The molecule has 4 heterocycles. The molecule has 4 unspecified atom stereocenters. The molecular formula is C28H38N4O4. The van der Waals surface area contributed by atoms with E-state index in [1.165, 1.54) is 63.3 Å². The monoisotopic (exact) mass is 494 g/mol. The molecule has 4 fully saturated rings. The summed E-state index contributed by atoms with van der Waals surface area (Å²) in [5.74, 6) is 2.89. The Morgan fingerprint density at radius 3 is 2.61 bits per heavy atom. The molecule has 2 bridgehead atoms. The highest BCUT2D eigenvalue weighted by molar-refractivity contribution is 5.87. The number of hydrogen-bond acceptors (Lipinski definition) is 8. The van der Waals surface area contributed by atoms with E-state index in [4.69, 9.17) is 19.0 Å². The number of aryl methyl sites for hydroxylation is 1. The van der Waals surface area contributed by atoms with Gasteiger partial charge in [-0.2, -0.15) is 0 Å². The lowest BCUT2D eigenvalue weighted by Crippen LogP contribution is -2.47. The zero-order valence-electron chi connectivity index (χ0n) is 21.7. The number of fused-ring (bicyclic) bond motifs is 2. The first-order valence-corrected chi connectivity index (χ1v) is 13.8. The molecule has 8 heteroatoms. The van der Waals surface area contributed by atoms with E-state index < -0.39 is 5.97 Å². The molecule has 4 atom stereocenters. The van der Waals surface area contributed by atoms with Crippen LogP contribution in [0.15, 0.2) is 10.6 Å². The van der Waals surface area contributed by atoms with E-state index in [-0.39, 0.29) is 6.10 Å². The quantitative estimate of drug-likeness (QED) is 0.470. The Bertz CT molecular complexity index is 1110. The van der Waals surface area contributed by atoms with E-state index >= 15 is 0 Å². The minimum atomic E-state index is -0.422. The summed E-state index contributed by atoms with van der Waals surface area (Å²) in [6, 6.07) is 2.29. The molecule has 0 amide bonds. The Hall–Kier alpha value is -2.48. The number of nitrogens with zero attached hydrogens (tertiary/aromatic N) is 4. The summed E-state index contributed by atoms with van der Waals surface area (Å²) in [7, 11) is 1.39. The number of aromatic nitrogens is 3. The van der Waals surface area contributed by atoms with Crippen LogP contribution >= 0.6 is 0 Å². The highest BCUT2D eigenvalue weighted by Gasteiger charge is 2.47. The zero-order valence-corrected chi connectivity index (χ0v) is 21.7. The lowest BCUT2D eigenvalue weighted by Gasteiger charge is -2.39. The summed E-state index contributed by atoms with van der Waals surface area (Å²) in [5.41, 5.74) is 3.52. The van der Waals surface area contributed by atoms with Gasteiger partial charge in [0.2, 0.25) is 5.95 Å². The minimum Gasteiger partial charge on any atom is -0.464 e. The fraction of sp³-hybridized carbons (Fsp3) is 0.714. The van der Waals surface area contributed by atoms with Crippen LogP contribution in [-0.2, 0) is 16.1 Å². The Morgan fingerprint density at radius 2 is 1.89 bits per heavy atom. The van der Waals surface area contributed by atoms with Gasteiger partial charge in [0, 0.05) is 35.2 Å². The third-order valence-corrected chi connectivity index (χ3v) is 8.81. The Kier molecular flexibility index (Phi) is 6.48. The fourth-order valence-electron chi connectivity index (χ4n) is 6.84. The molecule has 2 aromatic rings. The van der Waals surface area contributed by atoms with Gasteiger partial charge in [-0.25, -0.2) is 14.8 Å². The second-order valence-electron chi connectivity index (χ2n) is 11.5. The molecular weight excluding hydrogens is 456 g/mol. The van der Waals surface area contributed by atoms with Crippen molar-refractivity contribution >= 4 is 11.9 Å². The molecule has 2 aliphatic heterocycles. The zero-order chi connectivity index (χ0) is 24.8. The van der Waals surface area contributed by atoms with E-state index in [1.807, 2.05) is 6.92 Å². The first kappa shape index (κ1) is 23.9. The van der Waals surface area contributed by atoms with Crippen LogP contribution in [0.1, 0.15) is 116 Å². The Balaban J connectivity index is 1.18. The van der Waals surface area contributed by atoms with Crippen LogP contribution in [-0.4, -0.2) is 46.4 Å². The van der Waals surface area contributed by atoms with Gasteiger partial charge < -0.3 is 18.9 Å². The van der Waals surface area contributed by atoms with E-state index in [0.717, 1.165) is 30.7 Å². The van der Waals surface area contributed by atoms with Crippen LogP contribution in [0.5, 0.6) is 0 Å². The van der Waals surface area contributed by atoms with Gasteiger partial charge in [-0.15, -0.1) is 0 Å². The number of esters is 1. The third kappa shape index (κ3) is 4.53. The number of carbonyl (C=O) groups is 1. The van der Waals surface area contributed by atoms with Gasteiger partial charge in [0.1, 0.15) is 5.76 Å². The van der Waals surface area contributed by atoms with E-state index in [2.05, 4.69) is 22.0 Å². The first-order chi connectivity index (χ1) is 17.5. The van der Waals surface area contributed by atoms with Gasteiger partial charge in [0.05, 0.1) is 25.5 Å². The molecule has 0 radical (unpaired) electrons. The third-order valence-electron chi connectivity index (χ3n) is 8.81. The Morgan fingerprint density at radius 1 is 1.08 bits per heavy atom. The van der Waals surface area contributed by atoms with Gasteiger partial charge in [-0.05, 0) is 63.9 Å². The minimum absolute atomic E-state index is 0.187. The number of ether oxygens (including phenoxy) is 2. The molecule has 0 N–H and O–H groups in total. The van der Waals surface area contributed by atoms with Gasteiger partial charge in [-0.3, -0.25) is 0 Å². The largest absolute Gasteiger partial charge is 0.464 e. The molecule has 194 valence electrons. The number of methoxy groups -OCH3 is 1. The van der Waals surface area contributed by atoms with Crippen molar-refractivity contribution < 1.29 is 18.8 Å². The number of rotatable bonds is 7. The predicted molar refractivity (Wildman–Crippen MR) is 134 cm³/mol. The second-order valence-corrected chi connectivity index (χ2v) is 11.5. The van der Waals surface area contributed by atoms with Crippen molar-refractivity contribution in [2.75, 3.05) is 12.0 Å². The summed E-state index contributed by atoms with van der Waals surface area (Å²) in [4.78, 5) is 23.8. The number of piperidine rings is 1. The van der Waals surface area contributed by atoms with Crippen LogP contribution in [0.4, 0.5) is 5.95 Å². The van der Waals surface area contributed by atoms with Crippen LogP contribution in [0.2, 0.25) is 0 Å². The second kappa shape index (κ2) is 9.77. The van der Waals surface area contributed by atoms with Crippen molar-refractivity contribution in [3.05, 3.63) is 34.5 Å². The summed E-state index contributed by atoms with van der Waals surface area (Å²) >= 11 is 0. The molecule has 36 heavy (non-hydrogen) atoms. The molecule has 6 rings (SSSR count). The normalized spacial score (nSPS) is 28.5. The molecule has 2 aliphatic carbocycles. The lowest BCUT2D eigenvalue weighted by atomic mass is 9.85. The molecule has 4 aliphatic rings. The van der Waals surface area contributed by atoms with E-state index in [1.54, 1.807) is 6.07 Å². The van der Waals surface area contributed by atoms with Gasteiger partial charge >= 0.3 is 5.97 Å². The average molecular weight is 495 g/mol. The predicted octanol–water partition coefficient (Wildman–Crippen LogP) is 5.45. The lowest BCUT2D eigenvalue weighted by molar-refractivity contribution is 0.0127. The van der Waals surface area contributed by atoms with Crippen LogP contribution < -0.4 is 4.90 Å². The maximum Gasteiger partial charge on any atom is 0.356 e. The fourth-order valence-corrected chi connectivity index (χ4v) is 6.84. The van der Waals surface area contributed by atoms with E-state index in [0.29, 0.717) is 48.1 Å². The summed E-state index contributed by atoms with van der Waals surface area (Å²) in [6.45, 7) is 4.82. The molecule has 0 spiro atoms. The van der Waals surface area contributed by atoms with Crippen molar-refractivity contribution in [2.45, 2.75) is 115 Å². The average Bonchev–Trinajstić information content (AvgIpc) is 3.61. The van der Waals surface area contributed by atoms with Crippen molar-refractivity contribution in [3.63, 3.8) is 0 Å². The summed E-state index contributed by atoms with van der Waals surface area (Å²) in [5, 5.41) is 4.59. The highest BCUT2D eigenvalue weighted by atomic mass is 16.5. The van der Waals surface area contributed by atoms with Crippen LogP contribution in [0, 0.1) is 12.8 Å². The van der Waals surface area contributed by atoms with Crippen LogP contribution in [0.25, 0.3) is 0 Å². The summed E-state index contributed by atoms with van der Waals surface area (Å²) in [6.07, 6.45) is 11.9.